The van der Waals surface area contributed by atoms with Gasteiger partial charge in [-0.05, 0) is 37.9 Å². The number of thioether (sulfide) groups is 1. The molecule has 0 spiro atoms. The second-order valence-corrected chi connectivity index (χ2v) is 6.02. The number of nitrogens with zero attached hydrogens (tertiary/aromatic N) is 3. The number of hydrogen-bond donors (Lipinski definition) is 1. The summed E-state index contributed by atoms with van der Waals surface area (Å²) in [6, 6.07) is 14.8. The minimum Gasteiger partial charge on any atom is -0.365 e. The van der Waals surface area contributed by atoms with E-state index < -0.39 is 0 Å². The van der Waals surface area contributed by atoms with Crippen molar-refractivity contribution in [3.63, 3.8) is 0 Å². The first kappa shape index (κ1) is 15.8. The van der Waals surface area contributed by atoms with Crippen LogP contribution in [0.25, 0.3) is 0 Å². The lowest BCUT2D eigenvalue weighted by Crippen LogP contribution is -2.32. The highest BCUT2D eigenvalue weighted by Gasteiger charge is 2.08. The number of hydrogen-bond acceptors (Lipinski definition) is 5. The maximum atomic E-state index is 4.18. The van der Waals surface area contributed by atoms with Gasteiger partial charge in [0.1, 0.15) is 10.8 Å². The minimum absolute atomic E-state index is 0.313. The Morgan fingerprint density at radius 3 is 2.52 bits per heavy atom. The van der Waals surface area contributed by atoms with Gasteiger partial charge in [-0.15, -0.1) is 22.0 Å². The summed E-state index contributed by atoms with van der Waals surface area (Å²) in [5.41, 5.74) is 1.33. The average molecular weight is 302 g/mol. The predicted molar refractivity (Wildman–Crippen MR) is 89.7 cm³/mol. The molecule has 5 heteroatoms. The molecule has 0 aliphatic carbocycles. The fourth-order valence-electron chi connectivity index (χ4n) is 2.23. The molecule has 4 nitrogen and oxygen atoms in total. The van der Waals surface area contributed by atoms with E-state index >= 15 is 0 Å². The first-order valence-corrected chi connectivity index (χ1v) is 8.26. The molecule has 1 heterocycles. The van der Waals surface area contributed by atoms with Crippen molar-refractivity contribution in [3.05, 3.63) is 48.0 Å². The number of rotatable bonds is 7. The molecule has 0 amide bonds. The molecule has 0 saturated heterocycles. The monoisotopic (exact) mass is 302 g/mol. The van der Waals surface area contributed by atoms with Gasteiger partial charge in [0.25, 0.3) is 0 Å². The Hall–Kier alpha value is -1.59. The van der Waals surface area contributed by atoms with Gasteiger partial charge in [0.15, 0.2) is 0 Å². The Balaban J connectivity index is 1.81. The highest BCUT2D eigenvalue weighted by Crippen LogP contribution is 2.12. The molecule has 112 valence electrons. The first-order chi connectivity index (χ1) is 10.2. The second kappa shape index (κ2) is 8.00. The van der Waals surface area contributed by atoms with Gasteiger partial charge in [-0.3, -0.25) is 0 Å². The van der Waals surface area contributed by atoms with Gasteiger partial charge in [0.2, 0.25) is 0 Å². The molecule has 0 radical (unpaired) electrons. The van der Waals surface area contributed by atoms with Crippen LogP contribution in [0.1, 0.15) is 12.5 Å². The molecule has 0 aliphatic heterocycles. The summed E-state index contributed by atoms with van der Waals surface area (Å²) in [5, 5.41) is 12.6. The first-order valence-electron chi connectivity index (χ1n) is 7.04. The highest BCUT2D eigenvalue weighted by atomic mass is 32.2. The smallest absolute Gasteiger partial charge is 0.148 e. The van der Waals surface area contributed by atoms with E-state index in [-0.39, 0.29) is 0 Å². The lowest BCUT2D eigenvalue weighted by molar-refractivity contribution is 0.316. The third-order valence-corrected chi connectivity index (χ3v) is 3.76. The van der Waals surface area contributed by atoms with Crippen LogP contribution in [0.3, 0.4) is 0 Å². The second-order valence-electron chi connectivity index (χ2n) is 5.19. The molecule has 0 aliphatic rings. The normalized spacial score (nSPS) is 12.4. The van der Waals surface area contributed by atoms with Crippen LogP contribution in [-0.4, -0.2) is 41.0 Å². The van der Waals surface area contributed by atoms with E-state index in [4.69, 9.17) is 0 Å². The van der Waals surface area contributed by atoms with Gasteiger partial charge in [-0.2, -0.15) is 0 Å². The Kier molecular flexibility index (Phi) is 6.02. The van der Waals surface area contributed by atoms with Crippen molar-refractivity contribution in [1.29, 1.82) is 0 Å². The molecule has 0 fully saturated rings. The van der Waals surface area contributed by atoms with Gasteiger partial charge in [-0.1, -0.05) is 30.3 Å². The number of benzene rings is 1. The topological polar surface area (TPSA) is 41.0 Å². The third kappa shape index (κ3) is 5.36. The van der Waals surface area contributed by atoms with Crippen LogP contribution in [-0.2, 0) is 6.54 Å². The van der Waals surface area contributed by atoms with Gasteiger partial charge < -0.3 is 10.2 Å². The van der Waals surface area contributed by atoms with E-state index in [0.29, 0.717) is 6.04 Å². The van der Waals surface area contributed by atoms with E-state index in [9.17, 15) is 0 Å². The average Bonchev–Trinajstić information content (AvgIpc) is 2.48. The number of nitrogens with one attached hydrogen (secondary N) is 1. The third-order valence-electron chi connectivity index (χ3n) is 3.12. The van der Waals surface area contributed by atoms with Crippen LogP contribution in [0.4, 0.5) is 5.82 Å². The maximum Gasteiger partial charge on any atom is 0.148 e. The van der Waals surface area contributed by atoms with Crippen molar-refractivity contribution >= 4 is 17.6 Å². The van der Waals surface area contributed by atoms with Crippen LogP contribution in [0, 0.1) is 0 Å². The number of aromatic nitrogens is 2. The van der Waals surface area contributed by atoms with Gasteiger partial charge >= 0.3 is 0 Å². The molecule has 1 unspecified atom stereocenters. The van der Waals surface area contributed by atoms with Crippen LogP contribution in [0.15, 0.2) is 47.5 Å². The fourth-order valence-corrected chi connectivity index (χ4v) is 2.56. The van der Waals surface area contributed by atoms with E-state index in [2.05, 4.69) is 58.7 Å². The molecule has 1 atom stereocenters. The van der Waals surface area contributed by atoms with E-state index in [1.807, 2.05) is 24.5 Å². The standard InChI is InChI=1S/C16H22N4S/c1-13(17-15-9-10-16(21-3)19-18-15)11-20(2)12-14-7-5-4-6-8-14/h4-10,13H,11-12H2,1-3H3,(H,17,18). The quantitative estimate of drug-likeness (QED) is 0.796. The van der Waals surface area contributed by atoms with Crippen molar-refractivity contribution < 1.29 is 0 Å². The summed E-state index contributed by atoms with van der Waals surface area (Å²) >= 11 is 1.60. The zero-order valence-electron chi connectivity index (χ0n) is 12.8. The lowest BCUT2D eigenvalue weighted by Gasteiger charge is -2.22. The Morgan fingerprint density at radius 1 is 1.14 bits per heavy atom. The van der Waals surface area contributed by atoms with Crippen molar-refractivity contribution in [3.8, 4) is 0 Å². The number of anilines is 1. The molecule has 2 rings (SSSR count). The SMILES string of the molecule is CSc1ccc(NC(C)CN(C)Cc2ccccc2)nn1. The van der Waals surface area contributed by atoms with Crippen molar-refractivity contribution in [2.24, 2.45) is 0 Å². The number of likely N-dealkylation sites (N-methyl/N-ethyl adjacent to an activating group) is 1. The lowest BCUT2D eigenvalue weighted by atomic mass is 10.2. The highest BCUT2D eigenvalue weighted by molar-refractivity contribution is 7.98. The summed E-state index contributed by atoms with van der Waals surface area (Å²) in [7, 11) is 2.13. The molecule has 21 heavy (non-hydrogen) atoms. The molecule has 2 aromatic rings. The van der Waals surface area contributed by atoms with Crippen LogP contribution < -0.4 is 5.32 Å². The fraction of sp³-hybridized carbons (Fsp3) is 0.375. The van der Waals surface area contributed by atoms with E-state index in [1.54, 1.807) is 11.8 Å². The Labute approximate surface area is 131 Å². The predicted octanol–water partition coefficient (Wildman–Crippen LogP) is 3.13. The molecule has 1 aromatic heterocycles. The molecular weight excluding hydrogens is 280 g/mol. The van der Waals surface area contributed by atoms with Crippen molar-refractivity contribution in [1.82, 2.24) is 15.1 Å². The largest absolute Gasteiger partial charge is 0.365 e. The molecule has 0 saturated carbocycles. The van der Waals surface area contributed by atoms with Crippen LogP contribution in [0.5, 0.6) is 0 Å². The summed E-state index contributed by atoms with van der Waals surface area (Å²) < 4.78 is 0. The molecular formula is C16H22N4S. The molecule has 1 N–H and O–H groups in total. The van der Waals surface area contributed by atoms with Gasteiger partial charge in [0, 0.05) is 19.1 Å². The van der Waals surface area contributed by atoms with Crippen molar-refractivity contribution in [2.45, 2.75) is 24.5 Å². The Bertz CT molecular complexity index is 530. The molecule has 1 aromatic carbocycles. The Morgan fingerprint density at radius 2 is 1.90 bits per heavy atom. The van der Waals surface area contributed by atoms with Gasteiger partial charge in [-0.25, -0.2) is 0 Å². The van der Waals surface area contributed by atoms with E-state index in [1.165, 1.54) is 5.56 Å². The minimum atomic E-state index is 0.313. The summed E-state index contributed by atoms with van der Waals surface area (Å²) in [6.45, 7) is 4.05. The van der Waals surface area contributed by atoms with Crippen LogP contribution >= 0.6 is 11.8 Å². The zero-order valence-corrected chi connectivity index (χ0v) is 13.6. The summed E-state index contributed by atoms with van der Waals surface area (Å²) in [4.78, 5) is 2.30. The summed E-state index contributed by atoms with van der Waals surface area (Å²) in [5.74, 6) is 0.827. The van der Waals surface area contributed by atoms with Crippen molar-refractivity contribution in [2.75, 3.05) is 25.2 Å². The van der Waals surface area contributed by atoms with Crippen LogP contribution in [0.2, 0.25) is 0 Å². The molecule has 0 bridgehead atoms. The van der Waals surface area contributed by atoms with E-state index in [0.717, 1.165) is 23.9 Å². The summed E-state index contributed by atoms with van der Waals surface area (Å²) in [6.07, 6.45) is 2.00. The van der Waals surface area contributed by atoms with Gasteiger partial charge in [0.05, 0.1) is 0 Å². The maximum absolute atomic E-state index is 4.18. The zero-order chi connectivity index (χ0) is 15.1.